The molecule has 0 aliphatic carbocycles. The van der Waals surface area contributed by atoms with E-state index in [0.717, 1.165) is 0 Å². The summed E-state index contributed by atoms with van der Waals surface area (Å²) in [6.45, 7) is -0.332. The summed E-state index contributed by atoms with van der Waals surface area (Å²) in [4.78, 5) is 23.2. The Morgan fingerprint density at radius 1 is 1.04 bits per heavy atom. The van der Waals surface area contributed by atoms with Gasteiger partial charge in [0.15, 0.2) is 12.4 Å². The zero-order chi connectivity index (χ0) is 17.0. The van der Waals surface area contributed by atoms with Crippen LogP contribution in [0.5, 0.6) is 11.5 Å². The lowest BCUT2D eigenvalue weighted by molar-refractivity contribution is -0.119. The van der Waals surface area contributed by atoms with Crippen molar-refractivity contribution in [1.29, 1.82) is 0 Å². The molecule has 0 aliphatic heterocycles. The number of primary amides is 1. The number of hydrogen-bond donors (Lipinski definition) is 1. The fraction of sp³-hybridized carbons (Fsp3) is 0.125. The van der Waals surface area contributed by atoms with E-state index in [1.807, 2.05) is 0 Å². The standard InChI is InChI=1S/C16H13Cl2NO4/c1-22-10-4-2-9(3-5-10)16(21)11-6-7-12(15(18)14(11)17)23-8-13(19)20/h2-7H,8H2,1H3,(H2,19,20). The Bertz CT molecular complexity index is 744. The molecule has 0 aliphatic rings. The number of hydrogen-bond acceptors (Lipinski definition) is 4. The van der Waals surface area contributed by atoms with Crippen molar-refractivity contribution in [3.8, 4) is 11.5 Å². The van der Waals surface area contributed by atoms with Crippen LogP contribution >= 0.6 is 23.2 Å². The second-order valence-corrected chi connectivity index (χ2v) is 5.31. The topological polar surface area (TPSA) is 78.6 Å². The third-order valence-corrected chi connectivity index (χ3v) is 3.88. The Labute approximate surface area is 142 Å². The van der Waals surface area contributed by atoms with Gasteiger partial charge in [0.2, 0.25) is 0 Å². The molecule has 120 valence electrons. The number of carbonyl (C=O) groups excluding carboxylic acids is 2. The van der Waals surface area contributed by atoms with Crippen molar-refractivity contribution in [2.75, 3.05) is 13.7 Å². The summed E-state index contributed by atoms with van der Waals surface area (Å²) in [6, 6.07) is 9.55. The van der Waals surface area contributed by atoms with Crippen molar-refractivity contribution in [3.63, 3.8) is 0 Å². The Hall–Kier alpha value is -2.24. The van der Waals surface area contributed by atoms with Crippen LogP contribution in [0.3, 0.4) is 0 Å². The molecule has 1 amide bonds. The van der Waals surface area contributed by atoms with E-state index in [0.29, 0.717) is 11.3 Å². The van der Waals surface area contributed by atoms with Crippen molar-refractivity contribution in [3.05, 3.63) is 57.6 Å². The first-order valence-corrected chi connectivity index (χ1v) is 7.27. The maximum atomic E-state index is 12.5. The average Bonchev–Trinajstić information content (AvgIpc) is 2.55. The number of halogens is 2. The lowest BCUT2D eigenvalue weighted by Crippen LogP contribution is -2.20. The van der Waals surface area contributed by atoms with Crippen LogP contribution in [0, 0.1) is 0 Å². The van der Waals surface area contributed by atoms with Crippen LogP contribution in [0.1, 0.15) is 15.9 Å². The highest BCUT2D eigenvalue weighted by atomic mass is 35.5. The average molecular weight is 354 g/mol. The summed E-state index contributed by atoms with van der Waals surface area (Å²) in [6.07, 6.45) is 0. The summed E-state index contributed by atoms with van der Waals surface area (Å²) in [5.74, 6) is -0.112. The van der Waals surface area contributed by atoms with Crippen LogP contribution in [0.2, 0.25) is 10.0 Å². The van der Waals surface area contributed by atoms with Gasteiger partial charge in [0.25, 0.3) is 5.91 Å². The molecule has 23 heavy (non-hydrogen) atoms. The lowest BCUT2D eigenvalue weighted by Gasteiger charge is -2.11. The first-order chi connectivity index (χ1) is 10.9. The zero-order valence-electron chi connectivity index (χ0n) is 12.1. The first-order valence-electron chi connectivity index (χ1n) is 6.52. The molecule has 0 bridgehead atoms. The number of rotatable bonds is 6. The van der Waals surface area contributed by atoms with E-state index < -0.39 is 5.91 Å². The number of ether oxygens (including phenoxy) is 2. The highest BCUT2D eigenvalue weighted by Gasteiger charge is 2.18. The summed E-state index contributed by atoms with van der Waals surface area (Å²) >= 11 is 12.2. The molecule has 2 aromatic rings. The Morgan fingerprint density at radius 3 is 2.26 bits per heavy atom. The van der Waals surface area contributed by atoms with Crippen LogP contribution in [0.4, 0.5) is 0 Å². The molecule has 2 aromatic carbocycles. The summed E-state index contributed by atoms with van der Waals surface area (Å²) in [5, 5.41) is 0.0988. The molecule has 5 nitrogen and oxygen atoms in total. The van der Waals surface area contributed by atoms with Gasteiger partial charge in [-0.3, -0.25) is 9.59 Å². The molecule has 0 unspecified atom stereocenters. The second-order valence-electron chi connectivity index (χ2n) is 4.55. The van der Waals surface area contributed by atoms with Gasteiger partial charge in [0, 0.05) is 11.1 Å². The van der Waals surface area contributed by atoms with Crippen LogP contribution in [0.25, 0.3) is 0 Å². The van der Waals surface area contributed by atoms with Gasteiger partial charge >= 0.3 is 0 Å². The Kier molecular flexibility index (Phi) is 5.47. The van der Waals surface area contributed by atoms with E-state index in [1.54, 1.807) is 24.3 Å². The number of nitrogens with two attached hydrogens (primary N) is 1. The fourth-order valence-electron chi connectivity index (χ4n) is 1.87. The summed E-state index contributed by atoms with van der Waals surface area (Å²) in [7, 11) is 1.54. The van der Waals surface area contributed by atoms with E-state index in [-0.39, 0.29) is 33.7 Å². The van der Waals surface area contributed by atoms with Crippen LogP contribution in [0.15, 0.2) is 36.4 Å². The van der Waals surface area contributed by atoms with Crippen molar-refractivity contribution in [2.45, 2.75) is 0 Å². The number of ketones is 1. The molecule has 0 atom stereocenters. The van der Waals surface area contributed by atoms with Crippen molar-refractivity contribution in [2.24, 2.45) is 5.73 Å². The van der Waals surface area contributed by atoms with Gasteiger partial charge in [-0.15, -0.1) is 0 Å². The molecular formula is C16H13Cl2NO4. The molecule has 0 spiro atoms. The van der Waals surface area contributed by atoms with Crippen molar-refractivity contribution < 1.29 is 19.1 Å². The fourth-order valence-corrected chi connectivity index (χ4v) is 2.33. The maximum absolute atomic E-state index is 12.5. The number of methoxy groups -OCH3 is 1. The molecular weight excluding hydrogens is 341 g/mol. The lowest BCUT2D eigenvalue weighted by atomic mass is 10.0. The molecule has 7 heteroatoms. The number of benzene rings is 2. The molecule has 2 N–H and O–H groups in total. The smallest absolute Gasteiger partial charge is 0.255 e. The third kappa shape index (κ3) is 3.94. The first kappa shape index (κ1) is 17.1. The number of amides is 1. The van der Waals surface area contributed by atoms with E-state index in [4.69, 9.17) is 38.4 Å². The predicted molar refractivity (Wildman–Crippen MR) is 87.6 cm³/mol. The molecule has 0 saturated heterocycles. The predicted octanol–water partition coefficient (Wildman–Crippen LogP) is 3.10. The molecule has 0 aromatic heterocycles. The van der Waals surface area contributed by atoms with E-state index >= 15 is 0 Å². The van der Waals surface area contributed by atoms with Crippen LogP contribution in [-0.4, -0.2) is 25.4 Å². The molecule has 0 fully saturated rings. The van der Waals surface area contributed by atoms with E-state index in [9.17, 15) is 9.59 Å². The molecule has 0 saturated carbocycles. The van der Waals surface area contributed by atoms with Crippen molar-refractivity contribution in [1.82, 2.24) is 0 Å². The Balaban J connectivity index is 2.30. The van der Waals surface area contributed by atoms with Crippen LogP contribution in [-0.2, 0) is 4.79 Å². The van der Waals surface area contributed by atoms with Gasteiger partial charge in [-0.1, -0.05) is 23.2 Å². The van der Waals surface area contributed by atoms with Gasteiger partial charge in [-0.25, -0.2) is 0 Å². The minimum Gasteiger partial charge on any atom is -0.497 e. The summed E-state index contributed by atoms with van der Waals surface area (Å²) < 4.78 is 10.2. The quantitative estimate of drug-likeness (QED) is 0.809. The molecule has 0 radical (unpaired) electrons. The van der Waals surface area contributed by atoms with E-state index in [2.05, 4.69) is 0 Å². The largest absolute Gasteiger partial charge is 0.497 e. The van der Waals surface area contributed by atoms with Gasteiger partial charge < -0.3 is 15.2 Å². The third-order valence-electron chi connectivity index (χ3n) is 3.01. The molecule has 2 rings (SSSR count). The van der Waals surface area contributed by atoms with Gasteiger partial charge in [-0.05, 0) is 36.4 Å². The summed E-state index contributed by atoms with van der Waals surface area (Å²) in [5.41, 5.74) is 5.67. The monoisotopic (exact) mass is 353 g/mol. The SMILES string of the molecule is COc1ccc(C(=O)c2ccc(OCC(N)=O)c(Cl)c2Cl)cc1. The van der Waals surface area contributed by atoms with Crippen molar-refractivity contribution >= 4 is 34.9 Å². The van der Waals surface area contributed by atoms with E-state index in [1.165, 1.54) is 19.2 Å². The van der Waals surface area contributed by atoms with Gasteiger partial charge in [0.05, 0.1) is 12.1 Å². The highest BCUT2D eigenvalue weighted by molar-refractivity contribution is 6.45. The van der Waals surface area contributed by atoms with Crippen LogP contribution < -0.4 is 15.2 Å². The highest BCUT2D eigenvalue weighted by Crippen LogP contribution is 2.35. The normalized spacial score (nSPS) is 10.2. The Morgan fingerprint density at radius 2 is 1.70 bits per heavy atom. The minimum absolute atomic E-state index is 0.0484. The second kappa shape index (κ2) is 7.35. The number of carbonyl (C=O) groups is 2. The molecule has 0 heterocycles. The maximum Gasteiger partial charge on any atom is 0.255 e. The minimum atomic E-state index is -0.643. The zero-order valence-corrected chi connectivity index (χ0v) is 13.6. The van der Waals surface area contributed by atoms with Gasteiger partial charge in [-0.2, -0.15) is 0 Å². The van der Waals surface area contributed by atoms with Gasteiger partial charge in [0.1, 0.15) is 16.5 Å².